The van der Waals surface area contributed by atoms with Crippen molar-refractivity contribution in [3.8, 4) is 0 Å². The minimum atomic E-state index is 1.09. The molecule has 0 unspecified atom stereocenters. The normalized spacial score (nSPS) is 11.6. The van der Waals surface area contributed by atoms with E-state index in [4.69, 9.17) is 0 Å². The van der Waals surface area contributed by atoms with Crippen molar-refractivity contribution < 1.29 is 4.48 Å². The first-order valence-electron chi connectivity index (χ1n) is 6.24. The predicted molar refractivity (Wildman–Crippen MR) is 65.2 cm³/mol. The molecule has 14 heavy (non-hydrogen) atoms. The second-order valence-electron chi connectivity index (χ2n) is 4.17. The van der Waals surface area contributed by atoms with Gasteiger partial charge in [0.2, 0.25) is 0 Å². The highest BCUT2D eigenvalue weighted by atomic mass is 15.3. The maximum atomic E-state index is 3.96. The van der Waals surface area contributed by atoms with Crippen molar-refractivity contribution in [1.29, 1.82) is 0 Å². The van der Waals surface area contributed by atoms with Crippen LogP contribution in [0.1, 0.15) is 52.9 Å². The number of rotatable bonds is 9. The van der Waals surface area contributed by atoms with Gasteiger partial charge in [0.15, 0.2) is 0 Å². The summed E-state index contributed by atoms with van der Waals surface area (Å²) < 4.78 is 1.09. The van der Waals surface area contributed by atoms with Crippen LogP contribution in [0.15, 0.2) is 12.8 Å². The summed E-state index contributed by atoms with van der Waals surface area (Å²) in [6.07, 6.45) is 9.01. The van der Waals surface area contributed by atoms with Crippen LogP contribution in [0.3, 0.4) is 0 Å². The van der Waals surface area contributed by atoms with Crippen molar-refractivity contribution in [2.24, 2.45) is 0 Å². The predicted octanol–water partition coefficient (Wildman–Crippen LogP) is 3.96. The first-order chi connectivity index (χ1) is 6.74. The van der Waals surface area contributed by atoms with Gasteiger partial charge in [0.1, 0.15) is 0 Å². The Morgan fingerprint density at radius 1 is 0.929 bits per heavy atom. The van der Waals surface area contributed by atoms with Crippen LogP contribution in [0.5, 0.6) is 0 Å². The van der Waals surface area contributed by atoms with E-state index in [2.05, 4.69) is 33.6 Å². The number of hydrogen-bond donors (Lipinski definition) is 0. The molecule has 0 aliphatic carbocycles. The zero-order chi connectivity index (χ0) is 10.9. The molecule has 0 aromatic carbocycles. The van der Waals surface area contributed by atoms with Crippen LogP contribution in [-0.4, -0.2) is 24.1 Å². The molecule has 0 aromatic heterocycles. The van der Waals surface area contributed by atoms with Gasteiger partial charge in [-0.15, -0.1) is 0 Å². The van der Waals surface area contributed by atoms with Crippen molar-refractivity contribution >= 4 is 0 Å². The third-order valence-electron chi connectivity index (χ3n) is 3.35. The molecule has 0 radical (unpaired) electrons. The van der Waals surface area contributed by atoms with Crippen LogP contribution in [0.25, 0.3) is 0 Å². The maximum Gasteiger partial charge on any atom is 0.0885 e. The van der Waals surface area contributed by atoms with Gasteiger partial charge in [-0.1, -0.05) is 26.2 Å². The lowest BCUT2D eigenvalue weighted by atomic mass is 10.1. The molecule has 84 valence electrons. The van der Waals surface area contributed by atoms with Crippen LogP contribution in [0.4, 0.5) is 0 Å². The first kappa shape index (κ1) is 13.7. The molecule has 0 saturated heterocycles. The summed E-state index contributed by atoms with van der Waals surface area (Å²) in [4.78, 5) is 0. The zero-order valence-electron chi connectivity index (χ0n) is 10.4. The summed E-state index contributed by atoms with van der Waals surface area (Å²) in [6, 6.07) is 0. The zero-order valence-corrected chi connectivity index (χ0v) is 10.4. The topological polar surface area (TPSA) is 0 Å². The summed E-state index contributed by atoms with van der Waals surface area (Å²) >= 11 is 0. The van der Waals surface area contributed by atoms with Crippen LogP contribution >= 0.6 is 0 Å². The number of quaternary nitrogens is 1. The Balaban J connectivity index is 3.66. The highest BCUT2D eigenvalue weighted by Gasteiger charge is 2.17. The summed E-state index contributed by atoms with van der Waals surface area (Å²) in [5.74, 6) is 0. The molecule has 0 fully saturated rings. The smallest absolute Gasteiger partial charge is 0.0885 e. The highest BCUT2D eigenvalue weighted by Crippen LogP contribution is 2.11. The Bertz CT molecular complexity index is 136. The van der Waals surface area contributed by atoms with Gasteiger partial charge >= 0.3 is 0 Å². The first-order valence-corrected chi connectivity index (χ1v) is 6.24. The Kier molecular flexibility index (Phi) is 7.87. The van der Waals surface area contributed by atoms with E-state index < -0.39 is 0 Å². The largest absolute Gasteiger partial charge is 0.298 e. The Morgan fingerprint density at radius 2 is 1.50 bits per heavy atom. The monoisotopic (exact) mass is 198 g/mol. The minimum absolute atomic E-state index is 1.09. The lowest BCUT2D eigenvalue weighted by Gasteiger charge is -2.32. The standard InChI is InChI=1S/C13H28N/c1-5-9-10-11-12-13-14(6-2,7-3)8-4/h6H,2,5,7-13H2,1,3-4H3/q+1. The lowest BCUT2D eigenvalue weighted by molar-refractivity contribution is -0.876. The van der Waals surface area contributed by atoms with Crippen molar-refractivity contribution in [3.05, 3.63) is 12.8 Å². The highest BCUT2D eigenvalue weighted by molar-refractivity contribution is 4.56. The molecule has 1 nitrogen and oxygen atoms in total. The number of nitrogens with zero attached hydrogens (tertiary/aromatic N) is 1. The van der Waals surface area contributed by atoms with Crippen LogP contribution < -0.4 is 0 Å². The Hall–Kier alpha value is -0.300. The summed E-state index contributed by atoms with van der Waals surface area (Å²) in [5, 5.41) is 0. The van der Waals surface area contributed by atoms with E-state index in [1.165, 1.54) is 51.7 Å². The van der Waals surface area contributed by atoms with E-state index >= 15 is 0 Å². The third-order valence-corrected chi connectivity index (χ3v) is 3.35. The Labute approximate surface area is 90.4 Å². The summed E-state index contributed by atoms with van der Waals surface area (Å²) in [7, 11) is 0. The van der Waals surface area contributed by atoms with Crippen LogP contribution in [0, 0.1) is 0 Å². The summed E-state index contributed by atoms with van der Waals surface area (Å²) in [5.41, 5.74) is 0. The van der Waals surface area contributed by atoms with Gasteiger partial charge in [-0.05, 0) is 33.3 Å². The van der Waals surface area contributed by atoms with E-state index in [9.17, 15) is 0 Å². The SMILES string of the molecule is C=C[N+](CC)(CC)CCCCCCC. The molecule has 0 spiro atoms. The molecule has 0 atom stereocenters. The maximum absolute atomic E-state index is 3.96. The van der Waals surface area contributed by atoms with E-state index in [1.807, 2.05) is 0 Å². The molecule has 0 N–H and O–H groups in total. The third kappa shape index (κ3) is 4.80. The van der Waals surface area contributed by atoms with E-state index in [0.29, 0.717) is 0 Å². The second-order valence-corrected chi connectivity index (χ2v) is 4.17. The Morgan fingerprint density at radius 3 is 1.93 bits per heavy atom. The molecule has 1 heteroatoms. The van der Waals surface area contributed by atoms with E-state index in [1.54, 1.807) is 0 Å². The number of unbranched alkanes of at least 4 members (excludes halogenated alkanes) is 4. The average Bonchev–Trinajstić information content (AvgIpc) is 2.24. The van der Waals surface area contributed by atoms with E-state index in [-0.39, 0.29) is 0 Å². The van der Waals surface area contributed by atoms with Gasteiger partial charge in [-0.3, -0.25) is 4.48 Å². The quantitative estimate of drug-likeness (QED) is 0.388. The van der Waals surface area contributed by atoms with Gasteiger partial charge in [0.05, 0.1) is 25.8 Å². The molecule has 0 heterocycles. The van der Waals surface area contributed by atoms with Crippen LogP contribution in [0.2, 0.25) is 0 Å². The second kappa shape index (κ2) is 8.05. The van der Waals surface area contributed by atoms with Gasteiger partial charge in [0, 0.05) is 0 Å². The number of hydrogen-bond acceptors (Lipinski definition) is 0. The van der Waals surface area contributed by atoms with Gasteiger partial charge in [-0.2, -0.15) is 0 Å². The molecular weight excluding hydrogens is 170 g/mol. The molecule has 0 rings (SSSR count). The van der Waals surface area contributed by atoms with Crippen molar-refractivity contribution in [2.75, 3.05) is 19.6 Å². The van der Waals surface area contributed by atoms with Crippen molar-refractivity contribution in [2.45, 2.75) is 52.9 Å². The lowest BCUT2D eigenvalue weighted by Crippen LogP contribution is -2.42. The molecule has 0 saturated carbocycles. The van der Waals surface area contributed by atoms with Gasteiger partial charge in [0.25, 0.3) is 0 Å². The van der Waals surface area contributed by atoms with E-state index in [0.717, 1.165) is 4.48 Å². The molecule has 0 amide bonds. The molecule has 0 bridgehead atoms. The summed E-state index contributed by atoms with van der Waals surface area (Å²) in [6.45, 7) is 14.4. The molecular formula is C13H28N+. The van der Waals surface area contributed by atoms with Gasteiger partial charge in [-0.25, -0.2) is 0 Å². The minimum Gasteiger partial charge on any atom is -0.298 e. The molecule has 0 aromatic rings. The molecule has 0 aliphatic rings. The molecule has 0 aliphatic heterocycles. The van der Waals surface area contributed by atoms with Crippen molar-refractivity contribution in [1.82, 2.24) is 0 Å². The van der Waals surface area contributed by atoms with Crippen LogP contribution in [-0.2, 0) is 0 Å². The fourth-order valence-corrected chi connectivity index (χ4v) is 1.92. The van der Waals surface area contributed by atoms with Crippen molar-refractivity contribution in [3.63, 3.8) is 0 Å². The fraction of sp³-hybridized carbons (Fsp3) is 0.846. The van der Waals surface area contributed by atoms with Gasteiger partial charge < -0.3 is 0 Å². The fourth-order valence-electron chi connectivity index (χ4n) is 1.92. The average molecular weight is 198 g/mol.